The van der Waals surface area contributed by atoms with Crippen LogP contribution in [0.1, 0.15) is 20.8 Å². The Labute approximate surface area is 127 Å². The Hall–Kier alpha value is -0.960. The first-order valence-corrected chi connectivity index (χ1v) is 8.60. The van der Waals surface area contributed by atoms with Crippen LogP contribution in [0.4, 0.5) is 0 Å². The molecule has 1 aromatic rings. The highest BCUT2D eigenvalue weighted by molar-refractivity contribution is 7.89. The first kappa shape index (κ1) is 18.1. The van der Waals surface area contributed by atoms with Crippen molar-refractivity contribution in [3.8, 4) is 0 Å². The minimum atomic E-state index is -3.49. The van der Waals surface area contributed by atoms with Gasteiger partial charge in [-0.15, -0.1) is 0 Å². The maximum absolute atomic E-state index is 12.5. The van der Waals surface area contributed by atoms with E-state index in [1.165, 1.54) is 10.5 Å². The van der Waals surface area contributed by atoms with Crippen LogP contribution in [0.5, 0.6) is 0 Å². The van der Waals surface area contributed by atoms with Crippen molar-refractivity contribution in [2.45, 2.75) is 38.3 Å². The Morgan fingerprint density at radius 2 is 2.19 bits per heavy atom. The molecule has 0 aliphatic rings. The van der Waals surface area contributed by atoms with Crippen LogP contribution in [0.3, 0.4) is 0 Å². The monoisotopic (exact) mass is 318 g/mol. The van der Waals surface area contributed by atoms with Crippen LogP contribution in [-0.4, -0.2) is 61.9 Å². The SMILES string of the molecule is CCN(CCOC)S(=O)(=O)c1cnn(CCNC(C)C)c1. The Morgan fingerprint density at radius 1 is 1.48 bits per heavy atom. The van der Waals surface area contributed by atoms with Gasteiger partial charge in [-0.1, -0.05) is 20.8 Å². The Bertz CT molecular complexity index is 513. The second kappa shape index (κ2) is 8.47. The predicted molar refractivity (Wildman–Crippen MR) is 81.7 cm³/mol. The third kappa shape index (κ3) is 5.39. The molecule has 7 nitrogen and oxygen atoms in total. The summed E-state index contributed by atoms with van der Waals surface area (Å²) in [6.45, 7) is 8.45. The zero-order valence-electron chi connectivity index (χ0n) is 13.2. The molecule has 0 unspecified atom stereocenters. The van der Waals surface area contributed by atoms with Crippen molar-refractivity contribution in [3.63, 3.8) is 0 Å². The van der Waals surface area contributed by atoms with Gasteiger partial charge in [0, 0.05) is 39.0 Å². The van der Waals surface area contributed by atoms with E-state index in [1.807, 2.05) is 6.92 Å². The van der Waals surface area contributed by atoms with Crippen LogP contribution in [0.15, 0.2) is 17.3 Å². The van der Waals surface area contributed by atoms with Gasteiger partial charge in [-0.05, 0) is 0 Å². The quantitative estimate of drug-likeness (QED) is 0.681. The van der Waals surface area contributed by atoms with Crippen LogP contribution in [-0.2, 0) is 21.3 Å². The molecule has 0 aliphatic heterocycles. The Kier molecular flexibility index (Phi) is 7.30. The molecule has 8 heteroatoms. The van der Waals surface area contributed by atoms with E-state index in [-0.39, 0.29) is 4.90 Å². The van der Waals surface area contributed by atoms with E-state index < -0.39 is 10.0 Å². The van der Waals surface area contributed by atoms with Gasteiger partial charge in [0.15, 0.2) is 0 Å². The smallest absolute Gasteiger partial charge is 0.246 e. The van der Waals surface area contributed by atoms with E-state index in [1.54, 1.807) is 18.0 Å². The van der Waals surface area contributed by atoms with Crippen LogP contribution >= 0.6 is 0 Å². The molecule has 0 radical (unpaired) electrons. The Morgan fingerprint density at radius 3 is 2.76 bits per heavy atom. The minimum absolute atomic E-state index is 0.227. The minimum Gasteiger partial charge on any atom is -0.383 e. The molecule has 0 fully saturated rings. The summed E-state index contributed by atoms with van der Waals surface area (Å²) in [5.41, 5.74) is 0. The average molecular weight is 318 g/mol. The molecule has 0 bridgehead atoms. The number of rotatable bonds is 10. The number of hydrogen-bond acceptors (Lipinski definition) is 5. The van der Waals surface area contributed by atoms with Gasteiger partial charge >= 0.3 is 0 Å². The van der Waals surface area contributed by atoms with Gasteiger partial charge in [-0.2, -0.15) is 9.40 Å². The van der Waals surface area contributed by atoms with Crippen molar-refractivity contribution < 1.29 is 13.2 Å². The summed E-state index contributed by atoms with van der Waals surface area (Å²) in [6.07, 6.45) is 2.98. The summed E-state index contributed by atoms with van der Waals surface area (Å²) in [5.74, 6) is 0. The number of aromatic nitrogens is 2. The highest BCUT2D eigenvalue weighted by Crippen LogP contribution is 2.14. The average Bonchev–Trinajstić information content (AvgIpc) is 2.88. The van der Waals surface area contributed by atoms with Gasteiger partial charge < -0.3 is 10.1 Å². The van der Waals surface area contributed by atoms with Crippen molar-refractivity contribution >= 4 is 10.0 Å². The zero-order chi connectivity index (χ0) is 15.9. The first-order chi connectivity index (χ1) is 9.91. The molecular weight excluding hydrogens is 292 g/mol. The number of sulfonamides is 1. The number of hydrogen-bond donors (Lipinski definition) is 1. The fraction of sp³-hybridized carbons (Fsp3) is 0.769. The lowest BCUT2D eigenvalue weighted by atomic mass is 10.4. The second-order valence-electron chi connectivity index (χ2n) is 5.04. The molecule has 1 heterocycles. The maximum atomic E-state index is 12.5. The summed E-state index contributed by atoms with van der Waals surface area (Å²) >= 11 is 0. The zero-order valence-corrected chi connectivity index (χ0v) is 14.1. The van der Waals surface area contributed by atoms with Crippen LogP contribution in [0, 0.1) is 0 Å². The molecule has 0 aliphatic carbocycles. The number of methoxy groups -OCH3 is 1. The number of nitrogens with one attached hydrogen (secondary N) is 1. The highest BCUT2D eigenvalue weighted by atomic mass is 32.2. The van der Waals surface area contributed by atoms with Crippen LogP contribution in [0.2, 0.25) is 0 Å². The van der Waals surface area contributed by atoms with Gasteiger partial charge in [-0.25, -0.2) is 8.42 Å². The van der Waals surface area contributed by atoms with Gasteiger partial charge in [0.05, 0.1) is 19.3 Å². The predicted octanol–water partition coefficient (Wildman–Crippen LogP) is 0.538. The summed E-state index contributed by atoms with van der Waals surface area (Å²) in [4.78, 5) is 0.227. The van der Waals surface area contributed by atoms with E-state index in [4.69, 9.17) is 4.74 Å². The molecule has 0 atom stereocenters. The molecule has 1 rings (SSSR count). The van der Waals surface area contributed by atoms with E-state index in [0.29, 0.717) is 32.3 Å². The molecule has 21 heavy (non-hydrogen) atoms. The van der Waals surface area contributed by atoms with Crippen molar-refractivity contribution in [1.82, 2.24) is 19.4 Å². The third-order valence-corrected chi connectivity index (χ3v) is 4.97. The number of likely N-dealkylation sites (N-methyl/N-ethyl adjacent to an activating group) is 1. The standard InChI is InChI=1S/C13H26N4O3S/c1-5-17(8-9-20-4)21(18,19)13-10-15-16(11-13)7-6-14-12(2)3/h10-12,14H,5-9H2,1-4H3. The lowest BCUT2D eigenvalue weighted by molar-refractivity contribution is 0.180. The fourth-order valence-electron chi connectivity index (χ4n) is 1.86. The van der Waals surface area contributed by atoms with E-state index in [2.05, 4.69) is 24.3 Å². The molecule has 0 saturated carbocycles. The lowest BCUT2D eigenvalue weighted by Gasteiger charge is -2.18. The summed E-state index contributed by atoms with van der Waals surface area (Å²) < 4.78 is 32.9. The molecule has 0 aromatic carbocycles. The summed E-state index contributed by atoms with van der Waals surface area (Å²) in [6, 6.07) is 0.397. The molecule has 122 valence electrons. The van der Waals surface area contributed by atoms with Crippen molar-refractivity contribution in [2.24, 2.45) is 0 Å². The molecule has 1 aromatic heterocycles. The first-order valence-electron chi connectivity index (χ1n) is 7.16. The van der Waals surface area contributed by atoms with E-state index in [0.717, 1.165) is 6.54 Å². The molecule has 0 spiro atoms. The van der Waals surface area contributed by atoms with Crippen LogP contribution < -0.4 is 5.32 Å². The normalized spacial score (nSPS) is 12.5. The molecule has 1 N–H and O–H groups in total. The third-order valence-electron chi connectivity index (χ3n) is 3.04. The topological polar surface area (TPSA) is 76.5 Å². The Balaban J connectivity index is 2.72. The number of ether oxygens (including phenoxy) is 1. The molecule has 0 saturated heterocycles. The van der Waals surface area contributed by atoms with Crippen molar-refractivity contribution in [2.75, 3.05) is 33.4 Å². The highest BCUT2D eigenvalue weighted by Gasteiger charge is 2.24. The van der Waals surface area contributed by atoms with E-state index >= 15 is 0 Å². The van der Waals surface area contributed by atoms with Crippen LogP contribution in [0.25, 0.3) is 0 Å². The summed E-state index contributed by atoms with van der Waals surface area (Å²) in [7, 11) is -1.94. The fourth-order valence-corrected chi connectivity index (χ4v) is 3.25. The van der Waals surface area contributed by atoms with Gasteiger partial charge in [0.1, 0.15) is 4.90 Å². The van der Waals surface area contributed by atoms with E-state index in [9.17, 15) is 8.42 Å². The van der Waals surface area contributed by atoms with Crippen molar-refractivity contribution in [1.29, 1.82) is 0 Å². The van der Waals surface area contributed by atoms with Gasteiger partial charge in [0.2, 0.25) is 10.0 Å². The van der Waals surface area contributed by atoms with Gasteiger partial charge in [-0.3, -0.25) is 4.68 Å². The summed E-state index contributed by atoms with van der Waals surface area (Å²) in [5, 5.41) is 7.38. The van der Waals surface area contributed by atoms with Gasteiger partial charge in [0.25, 0.3) is 0 Å². The second-order valence-corrected chi connectivity index (χ2v) is 6.98. The maximum Gasteiger partial charge on any atom is 0.246 e. The number of nitrogens with zero attached hydrogens (tertiary/aromatic N) is 3. The lowest BCUT2D eigenvalue weighted by Crippen LogP contribution is -2.33. The molecular formula is C13H26N4O3S. The molecule has 0 amide bonds. The largest absolute Gasteiger partial charge is 0.383 e. The van der Waals surface area contributed by atoms with Crippen molar-refractivity contribution in [3.05, 3.63) is 12.4 Å².